The van der Waals surface area contributed by atoms with E-state index in [-0.39, 0.29) is 5.82 Å². The van der Waals surface area contributed by atoms with Crippen molar-refractivity contribution in [2.24, 2.45) is 0 Å². The average molecular weight is 309 g/mol. The van der Waals surface area contributed by atoms with Gasteiger partial charge in [-0.3, -0.25) is 0 Å². The lowest BCUT2D eigenvalue weighted by Gasteiger charge is -2.14. The van der Waals surface area contributed by atoms with E-state index in [1.54, 1.807) is 6.07 Å². The number of halogens is 2. The number of nitrogens with one attached hydrogen (secondary N) is 2. The molecule has 4 nitrogen and oxygen atoms in total. The van der Waals surface area contributed by atoms with Gasteiger partial charge in [0.15, 0.2) is 0 Å². The lowest BCUT2D eigenvalue weighted by molar-refractivity contribution is 0.628. The molecule has 2 rings (SSSR count). The normalized spacial score (nSPS) is 10.5. The van der Waals surface area contributed by atoms with Crippen LogP contribution in [0.1, 0.15) is 25.8 Å². The van der Waals surface area contributed by atoms with Crippen molar-refractivity contribution in [2.45, 2.75) is 26.7 Å². The maximum atomic E-state index is 13.4. The third-order valence-electron chi connectivity index (χ3n) is 2.97. The molecule has 1 heterocycles. The number of rotatable bonds is 6. The first-order chi connectivity index (χ1) is 10.1. The molecule has 0 amide bonds. The van der Waals surface area contributed by atoms with Gasteiger partial charge >= 0.3 is 0 Å². The number of hydrogen-bond donors (Lipinski definition) is 2. The van der Waals surface area contributed by atoms with Gasteiger partial charge in [-0.15, -0.1) is 0 Å². The van der Waals surface area contributed by atoms with Gasteiger partial charge in [-0.1, -0.05) is 25.4 Å². The summed E-state index contributed by atoms with van der Waals surface area (Å²) < 4.78 is 13.4. The summed E-state index contributed by atoms with van der Waals surface area (Å²) >= 11 is 5.86. The molecule has 2 aromatic rings. The predicted molar refractivity (Wildman–Crippen MR) is 84.9 cm³/mol. The fourth-order valence-corrected chi connectivity index (χ4v) is 2.24. The van der Waals surface area contributed by atoms with Gasteiger partial charge < -0.3 is 10.6 Å². The first-order valence-electron chi connectivity index (χ1n) is 6.94. The van der Waals surface area contributed by atoms with Crippen LogP contribution in [0.15, 0.2) is 24.5 Å². The van der Waals surface area contributed by atoms with Gasteiger partial charge in [0.25, 0.3) is 0 Å². The number of anilines is 3. The monoisotopic (exact) mass is 308 g/mol. The van der Waals surface area contributed by atoms with Crippen LogP contribution in [0.3, 0.4) is 0 Å². The molecule has 2 N–H and O–H groups in total. The summed E-state index contributed by atoms with van der Waals surface area (Å²) in [6.45, 7) is 4.96. The van der Waals surface area contributed by atoms with Gasteiger partial charge in [-0.2, -0.15) is 0 Å². The molecule has 0 unspecified atom stereocenters. The molecule has 0 saturated carbocycles. The lowest BCUT2D eigenvalue weighted by Crippen LogP contribution is -2.08. The quantitative estimate of drug-likeness (QED) is 0.830. The maximum Gasteiger partial charge on any atom is 0.139 e. The maximum absolute atomic E-state index is 13.4. The number of hydrogen-bond acceptors (Lipinski definition) is 4. The summed E-state index contributed by atoms with van der Waals surface area (Å²) in [4.78, 5) is 8.51. The van der Waals surface area contributed by atoms with E-state index in [0.29, 0.717) is 16.5 Å². The Bertz CT molecular complexity index is 598. The van der Waals surface area contributed by atoms with Crippen LogP contribution >= 0.6 is 11.6 Å². The fraction of sp³-hybridized carbons (Fsp3) is 0.333. The highest BCUT2D eigenvalue weighted by atomic mass is 35.5. The lowest BCUT2D eigenvalue weighted by atomic mass is 10.2. The van der Waals surface area contributed by atoms with Crippen LogP contribution in [0.5, 0.6) is 0 Å². The summed E-state index contributed by atoms with van der Waals surface area (Å²) in [7, 11) is 0. The minimum atomic E-state index is -0.388. The zero-order chi connectivity index (χ0) is 15.2. The van der Waals surface area contributed by atoms with E-state index >= 15 is 0 Å². The second kappa shape index (κ2) is 7.22. The molecule has 0 aliphatic rings. The van der Waals surface area contributed by atoms with Gasteiger partial charge in [0.2, 0.25) is 0 Å². The summed E-state index contributed by atoms with van der Waals surface area (Å²) in [5.74, 6) is 1.08. The standard InChI is InChI=1S/C15H18ClFN4/c1-3-5-18-14-13(4-2)15(20-9-19-14)21-12-7-10(16)6-11(17)8-12/h6-9H,3-5H2,1-2H3,(H2,18,19,20,21). The molecule has 0 radical (unpaired) electrons. The Labute approximate surface area is 128 Å². The van der Waals surface area contributed by atoms with E-state index in [2.05, 4.69) is 27.5 Å². The fourth-order valence-electron chi connectivity index (χ4n) is 2.01. The molecule has 112 valence electrons. The second-order valence-corrected chi connectivity index (χ2v) is 5.05. The topological polar surface area (TPSA) is 49.8 Å². The van der Waals surface area contributed by atoms with E-state index in [0.717, 1.165) is 30.8 Å². The molecule has 1 aromatic carbocycles. The van der Waals surface area contributed by atoms with Crippen LogP contribution < -0.4 is 10.6 Å². The Morgan fingerprint density at radius 1 is 1.14 bits per heavy atom. The van der Waals surface area contributed by atoms with Crippen LogP contribution in [0.25, 0.3) is 0 Å². The van der Waals surface area contributed by atoms with Crippen molar-refractivity contribution in [3.63, 3.8) is 0 Å². The van der Waals surface area contributed by atoms with Crippen LogP contribution in [0.4, 0.5) is 21.7 Å². The molecule has 0 fully saturated rings. The van der Waals surface area contributed by atoms with Gasteiger partial charge in [-0.05, 0) is 31.0 Å². The zero-order valence-corrected chi connectivity index (χ0v) is 12.8. The predicted octanol–water partition coefficient (Wildman–Crippen LogP) is 4.40. The Morgan fingerprint density at radius 3 is 2.57 bits per heavy atom. The van der Waals surface area contributed by atoms with Crippen molar-refractivity contribution in [2.75, 3.05) is 17.2 Å². The first kappa shape index (κ1) is 15.5. The van der Waals surface area contributed by atoms with E-state index in [1.165, 1.54) is 18.5 Å². The third-order valence-corrected chi connectivity index (χ3v) is 3.18. The molecular weight excluding hydrogens is 291 g/mol. The molecule has 0 bridgehead atoms. The Balaban J connectivity index is 2.30. The number of aromatic nitrogens is 2. The minimum absolute atomic E-state index is 0.342. The van der Waals surface area contributed by atoms with Gasteiger partial charge in [0.05, 0.1) is 0 Å². The van der Waals surface area contributed by atoms with Crippen molar-refractivity contribution in [3.05, 3.63) is 40.9 Å². The summed E-state index contributed by atoms with van der Waals surface area (Å²) in [5, 5.41) is 6.72. The first-order valence-corrected chi connectivity index (χ1v) is 7.32. The van der Waals surface area contributed by atoms with E-state index < -0.39 is 0 Å². The van der Waals surface area contributed by atoms with Crippen molar-refractivity contribution < 1.29 is 4.39 Å². The van der Waals surface area contributed by atoms with Crippen LogP contribution in [-0.2, 0) is 6.42 Å². The Hall–Kier alpha value is -1.88. The number of benzene rings is 1. The van der Waals surface area contributed by atoms with Crippen molar-refractivity contribution in [3.8, 4) is 0 Å². The molecule has 0 aliphatic carbocycles. The molecular formula is C15H18ClFN4. The van der Waals surface area contributed by atoms with E-state index in [4.69, 9.17) is 11.6 Å². The summed E-state index contributed by atoms with van der Waals surface area (Å²) in [6.07, 6.45) is 3.26. The Morgan fingerprint density at radius 2 is 1.90 bits per heavy atom. The molecule has 0 atom stereocenters. The third kappa shape index (κ3) is 4.04. The number of nitrogens with zero attached hydrogens (tertiary/aromatic N) is 2. The molecule has 0 saturated heterocycles. The van der Waals surface area contributed by atoms with Crippen LogP contribution in [0, 0.1) is 5.82 Å². The highest BCUT2D eigenvalue weighted by molar-refractivity contribution is 6.30. The highest BCUT2D eigenvalue weighted by Crippen LogP contribution is 2.26. The Kier molecular flexibility index (Phi) is 5.33. The van der Waals surface area contributed by atoms with Gasteiger partial charge in [0, 0.05) is 22.8 Å². The SMILES string of the molecule is CCCNc1ncnc(Nc2cc(F)cc(Cl)c2)c1CC. The zero-order valence-electron chi connectivity index (χ0n) is 12.1. The minimum Gasteiger partial charge on any atom is -0.370 e. The van der Waals surface area contributed by atoms with Crippen LogP contribution in [0.2, 0.25) is 5.02 Å². The van der Waals surface area contributed by atoms with Gasteiger partial charge in [0.1, 0.15) is 23.8 Å². The molecule has 6 heteroatoms. The largest absolute Gasteiger partial charge is 0.370 e. The highest BCUT2D eigenvalue weighted by Gasteiger charge is 2.10. The summed E-state index contributed by atoms with van der Waals surface area (Å²) in [5.41, 5.74) is 1.53. The summed E-state index contributed by atoms with van der Waals surface area (Å²) in [6, 6.07) is 4.31. The van der Waals surface area contributed by atoms with Crippen molar-refractivity contribution in [1.82, 2.24) is 9.97 Å². The van der Waals surface area contributed by atoms with E-state index in [9.17, 15) is 4.39 Å². The molecule has 0 aliphatic heterocycles. The molecule has 21 heavy (non-hydrogen) atoms. The van der Waals surface area contributed by atoms with Gasteiger partial charge in [-0.25, -0.2) is 14.4 Å². The average Bonchev–Trinajstić information content (AvgIpc) is 2.44. The molecule has 0 spiro atoms. The van der Waals surface area contributed by atoms with Crippen molar-refractivity contribution >= 4 is 28.9 Å². The van der Waals surface area contributed by atoms with Crippen molar-refractivity contribution in [1.29, 1.82) is 0 Å². The van der Waals surface area contributed by atoms with Crippen LogP contribution in [-0.4, -0.2) is 16.5 Å². The smallest absolute Gasteiger partial charge is 0.139 e. The second-order valence-electron chi connectivity index (χ2n) is 4.61. The van der Waals surface area contributed by atoms with E-state index in [1.807, 2.05) is 6.92 Å². The molecule has 1 aromatic heterocycles.